The minimum Gasteiger partial charge on any atom is -0.480 e. The molecule has 5 atom stereocenters. The van der Waals surface area contributed by atoms with Crippen LogP contribution in [0.5, 0.6) is 0 Å². The van der Waals surface area contributed by atoms with Gasteiger partial charge in [-0.2, -0.15) is 0 Å². The summed E-state index contributed by atoms with van der Waals surface area (Å²) in [5.74, 6) is -2.99. The predicted octanol–water partition coefficient (Wildman–Crippen LogP) is -0.407. The van der Waals surface area contributed by atoms with Gasteiger partial charge >= 0.3 is 5.97 Å². The van der Waals surface area contributed by atoms with E-state index < -0.39 is 54.0 Å². The lowest BCUT2D eigenvalue weighted by molar-refractivity contribution is -0.149. The average Bonchev–Trinajstić information content (AvgIpc) is 3.54. The average molecular weight is 531 g/mol. The Hall–Kier alpha value is -3.48. The highest BCUT2D eigenvalue weighted by Gasteiger charge is 2.38. The quantitative estimate of drug-likeness (QED) is 0.169. The van der Waals surface area contributed by atoms with Crippen molar-refractivity contribution in [2.75, 3.05) is 13.1 Å². The molecule has 1 aliphatic heterocycles. The van der Waals surface area contributed by atoms with Crippen LogP contribution in [-0.4, -0.2) is 87.1 Å². The number of aliphatic carboxylic acids is 1. The number of unbranched alkanes of at least 4 members (excludes halogenated alkanes) is 1. The number of likely N-dealkylation sites (tertiary alicyclic amines) is 1. The molecule has 2 heterocycles. The lowest BCUT2D eigenvalue weighted by Crippen LogP contribution is -2.60. The number of rotatable bonds is 13. The number of carbonyl (C=O) groups is 4. The zero-order chi connectivity index (χ0) is 27.8. The molecular weight excluding hydrogens is 492 g/mol. The number of fused-ring (bicyclic) bond motifs is 1. The number of nitrogens with two attached hydrogens (primary N) is 2. The van der Waals surface area contributed by atoms with Crippen molar-refractivity contribution in [3.05, 3.63) is 36.0 Å². The number of aliphatic hydroxyl groups is 1. The highest BCUT2D eigenvalue weighted by atomic mass is 16.4. The summed E-state index contributed by atoms with van der Waals surface area (Å²) >= 11 is 0. The third kappa shape index (κ3) is 7.09. The lowest BCUT2D eigenvalue weighted by atomic mass is 10.0. The molecule has 12 nitrogen and oxygen atoms in total. The first kappa shape index (κ1) is 29.1. The second kappa shape index (κ2) is 13.4. The molecule has 0 aliphatic carbocycles. The number of carboxylic acids is 1. The van der Waals surface area contributed by atoms with Gasteiger partial charge in [0.2, 0.25) is 17.7 Å². The zero-order valence-electron chi connectivity index (χ0n) is 21.6. The van der Waals surface area contributed by atoms with Crippen LogP contribution in [0, 0.1) is 0 Å². The third-order valence-electron chi connectivity index (χ3n) is 6.90. The van der Waals surface area contributed by atoms with Crippen molar-refractivity contribution in [2.45, 2.75) is 75.7 Å². The van der Waals surface area contributed by atoms with Gasteiger partial charge in [-0.1, -0.05) is 18.2 Å². The fourth-order valence-electron chi connectivity index (χ4n) is 4.79. The maximum atomic E-state index is 13.2. The first-order valence-corrected chi connectivity index (χ1v) is 13.0. The zero-order valence-corrected chi connectivity index (χ0v) is 21.6. The Bertz CT molecular complexity index is 1130. The van der Waals surface area contributed by atoms with E-state index >= 15 is 0 Å². The van der Waals surface area contributed by atoms with Gasteiger partial charge < -0.3 is 42.2 Å². The van der Waals surface area contributed by atoms with Gasteiger partial charge in [-0.15, -0.1) is 0 Å². The number of nitrogens with one attached hydrogen (secondary N) is 3. The maximum absolute atomic E-state index is 13.2. The summed E-state index contributed by atoms with van der Waals surface area (Å²) in [5, 5.41) is 25.8. The first-order valence-electron chi connectivity index (χ1n) is 13.0. The number of aromatic amines is 1. The molecule has 0 saturated carbocycles. The molecule has 1 aromatic carbocycles. The van der Waals surface area contributed by atoms with E-state index in [9.17, 15) is 29.4 Å². The topological polar surface area (TPSA) is 204 Å². The number of H-pyrrole nitrogens is 1. The molecule has 9 N–H and O–H groups in total. The lowest BCUT2D eigenvalue weighted by Gasteiger charge is -2.29. The van der Waals surface area contributed by atoms with Gasteiger partial charge in [0.15, 0.2) is 0 Å². The van der Waals surface area contributed by atoms with Crippen LogP contribution in [0.25, 0.3) is 10.9 Å². The number of hydrogen-bond donors (Lipinski definition) is 7. The Morgan fingerprint density at radius 2 is 1.89 bits per heavy atom. The van der Waals surface area contributed by atoms with E-state index in [1.807, 2.05) is 24.3 Å². The summed E-state index contributed by atoms with van der Waals surface area (Å²) in [6.07, 6.45) is 2.97. The van der Waals surface area contributed by atoms with Gasteiger partial charge in [-0.25, -0.2) is 4.79 Å². The second-order valence-corrected chi connectivity index (χ2v) is 9.77. The molecule has 3 rings (SSSR count). The predicted molar refractivity (Wildman–Crippen MR) is 141 cm³/mol. The van der Waals surface area contributed by atoms with Gasteiger partial charge in [0.25, 0.3) is 0 Å². The Balaban J connectivity index is 1.68. The Morgan fingerprint density at radius 3 is 2.58 bits per heavy atom. The molecule has 0 spiro atoms. The van der Waals surface area contributed by atoms with Crippen molar-refractivity contribution in [1.29, 1.82) is 0 Å². The molecule has 5 unspecified atom stereocenters. The van der Waals surface area contributed by atoms with E-state index in [1.54, 1.807) is 6.20 Å². The number of aliphatic hydroxyl groups excluding tert-OH is 1. The summed E-state index contributed by atoms with van der Waals surface area (Å²) in [6, 6.07) is 3.25. The highest BCUT2D eigenvalue weighted by molar-refractivity contribution is 5.95. The van der Waals surface area contributed by atoms with E-state index in [4.69, 9.17) is 11.5 Å². The monoisotopic (exact) mass is 530 g/mol. The summed E-state index contributed by atoms with van der Waals surface area (Å²) < 4.78 is 0. The summed E-state index contributed by atoms with van der Waals surface area (Å²) in [4.78, 5) is 55.3. The van der Waals surface area contributed by atoms with Crippen molar-refractivity contribution in [3.8, 4) is 0 Å². The number of carboxylic acid groups (broad SMARTS) is 1. The molecule has 1 saturated heterocycles. The third-order valence-corrected chi connectivity index (χ3v) is 6.90. The van der Waals surface area contributed by atoms with Gasteiger partial charge in [-0.05, 0) is 63.6 Å². The summed E-state index contributed by atoms with van der Waals surface area (Å²) in [5.41, 5.74) is 13.5. The highest BCUT2D eigenvalue weighted by Crippen LogP contribution is 2.21. The molecule has 0 radical (unpaired) electrons. The molecule has 1 aromatic heterocycles. The van der Waals surface area contributed by atoms with Crippen LogP contribution >= 0.6 is 0 Å². The van der Waals surface area contributed by atoms with Crippen LogP contribution in [0.15, 0.2) is 30.5 Å². The van der Waals surface area contributed by atoms with Gasteiger partial charge in [0, 0.05) is 23.6 Å². The van der Waals surface area contributed by atoms with E-state index in [0.29, 0.717) is 32.2 Å². The molecule has 2 aromatic rings. The van der Waals surface area contributed by atoms with E-state index in [-0.39, 0.29) is 19.4 Å². The smallest absolute Gasteiger partial charge is 0.326 e. The minimum atomic E-state index is -1.37. The van der Waals surface area contributed by atoms with Gasteiger partial charge in [0.05, 0.1) is 12.1 Å². The summed E-state index contributed by atoms with van der Waals surface area (Å²) in [6.45, 7) is 2.03. The van der Waals surface area contributed by atoms with Crippen molar-refractivity contribution in [2.24, 2.45) is 11.5 Å². The Labute approximate surface area is 221 Å². The van der Waals surface area contributed by atoms with Crippen LogP contribution in [0.1, 0.15) is 44.6 Å². The molecule has 0 bridgehead atoms. The number of para-hydroxylation sites is 1. The maximum Gasteiger partial charge on any atom is 0.326 e. The van der Waals surface area contributed by atoms with Crippen LogP contribution in [0.4, 0.5) is 0 Å². The van der Waals surface area contributed by atoms with Crippen molar-refractivity contribution in [3.63, 3.8) is 0 Å². The number of aromatic nitrogens is 1. The largest absolute Gasteiger partial charge is 0.480 e. The fraction of sp³-hybridized carbons (Fsp3) is 0.538. The molecule has 3 amide bonds. The molecule has 12 heteroatoms. The SMILES string of the molecule is CC(O)C(NC(=O)C(N)Cc1c[nH]c2ccccc12)C(=O)NC(CCCCN)C(=O)N1CCCC1C(=O)O. The number of carbonyl (C=O) groups excluding carboxylic acids is 3. The first-order chi connectivity index (χ1) is 18.1. The molecule has 1 fully saturated rings. The van der Waals surface area contributed by atoms with Crippen LogP contribution < -0.4 is 22.1 Å². The molecular formula is C26H38N6O6. The standard InChI is InChI=1S/C26H38N6O6/c1-15(33)22(31-23(34)18(28)13-16-14-29-19-8-3-2-7-17(16)19)24(35)30-20(9-4-5-11-27)25(36)32-12-6-10-21(32)26(37)38/h2-3,7-8,14-15,18,20-22,29,33H,4-6,9-13,27-28H2,1H3,(H,30,35)(H,31,34)(H,37,38). The van der Waals surface area contributed by atoms with E-state index in [0.717, 1.165) is 16.5 Å². The molecule has 38 heavy (non-hydrogen) atoms. The van der Waals surface area contributed by atoms with Crippen LogP contribution in [0.3, 0.4) is 0 Å². The number of nitrogens with zero attached hydrogens (tertiary/aromatic N) is 1. The van der Waals surface area contributed by atoms with Crippen LogP contribution in [-0.2, 0) is 25.6 Å². The second-order valence-electron chi connectivity index (χ2n) is 9.77. The van der Waals surface area contributed by atoms with Crippen LogP contribution in [0.2, 0.25) is 0 Å². The van der Waals surface area contributed by atoms with Crippen molar-refractivity contribution < 1.29 is 29.4 Å². The Morgan fingerprint density at radius 1 is 1.16 bits per heavy atom. The number of hydrogen-bond acceptors (Lipinski definition) is 7. The molecule has 1 aliphatic rings. The van der Waals surface area contributed by atoms with E-state index in [2.05, 4.69) is 15.6 Å². The minimum absolute atomic E-state index is 0.204. The summed E-state index contributed by atoms with van der Waals surface area (Å²) in [7, 11) is 0. The normalized spacial score (nSPS) is 18.5. The Kier molecular flexibility index (Phi) is 10.2. The van der Waals surface area contributed by atoms with Gasteiger partial charge in [0.1, 0.15) is 18.1 Å². The van der Waals surface area contributed by atoms with E-state index in [1.165, 1.54) is 11.8 Å². The number of benzene rings is 1. The number of amides is 3. The van der Waals surface area contributed by atoms with Crippen molar-refractivity contribution >= 4 is 34.6 Å². The molecule has 208 valence electrons. The van der Waals surface area contributed by atoms with Gasteiger partial charge in [-0.3, -0.25) is 14.4 Å². The fourth-order valence-corrected chi connectivity index (χ4v) is 4.79. The van der Waals surface area contributed by atoms with Crippen molar-refractivity contribution in [1.82, 2.24) is 20.5 Å².